The third-order valence-corrected chi connectivity index (χ3v) is 5.89. The molecule has 1 N–H and O–H groups in total. The molecule has 0 saturated carbocycles. The summed E-state index contributed by atoms with van der Waals surface area (Å²) < 4.78 is 43.7. The molecule has 0 atom stereocenters. The van der Waals surface area contributed by atoms with Gasteiger partial charge in [-0.1, -0.05) is 32.6 Å². The standard InChI is InChI=1S/C25H28F3NO3/c1-6-29-16(3)14-24(4,5)20-11-15(2)18(13-21(20)29)19-12-17(8-10-23(30)31)7-9-22(19)32-25(26,27)28/h7,9,11-13H,3,6,8,10,14H2,1-2,4-5H3,(H,30,31). The van der Waals surface area contributed by atoms with Gasteiger partial charge in [-0.05, 0) is 72.6 Å². The quantitative estimate of drug-likeness (QED) is 0.542. The minimum atomic E-state index is -4.84. The van der Waals surface area contributed by atoms with Crippen LogP contribution in [0.25, 0.3) is 11.1 Å². The van der Waals surface area contributed by atoms with Gasteiger partial charge in [0.2, 0.25) is 0 Å². The second-order valence-electron chi connectivity index (χ2n) is 8.83. The van der Waals surface area contributed by atoms with E-state index in [9.17, 15) is 18.0 Å². The number of nitrogens with zero attached hydrogens (tertiary/aromatic N) is 1. The molecule has 1 aliphatic heterocycles. The van der Waals surface area contributed by atoms with Crippen LogP contribution in [0.3, 0.4) is 0 Å². The summed E-state index contributed by atoms with van der Waals surface area (Å²) in [4.78, 5) is 13.1. The molecule has 0 unspecified atom stereocenters. The Morgan fingerprint density at radius 1 is 1.22 bits per heavy atom. The number of benzene rings is 2. The lowest BCUT2D eigenvalue weighted by Crippen LogP contribution is -2.35. The van der Waals surface area contributed by atoms with Crippen LogP contribution < -0.4 is 9.64 Å². The van der Waals surface area contributed by atoms with Gasteiger partial charge in [-0.2, -0.15) is 0 Å². The van der Waals surface area contributed by atoms with Crippen LogP contribution in [0.1, 0.15) is 50.3 Å². The summed E-state index contributed by atoms with van der Waals surface area (Å²) in [6.45, 7) is 13.0. The van der Waals surface area contributed by atoms with Gasteiger partial charge in [-0.15, -0.1) is 13.2 Å². The number of aryl methyl sites for hydroxylation is 2. The molecular formula is C25H28F3NO3. The van der Waals surface area contributed by atoms with Crippen molar-refractivity contribution >= 4 is 11.7 Å². The first-order valence-corrected chi connectivity index (χ1v) is 10.5. The highest BCUT2D eigenvalue weighted by atomic mass is 19.4. The van der Waals surface area contributed by atoms with Crippen molar-refractivity contribution in [2.45, 2.75) is 58.7 Å². The van der Waals surface area contributed by atoms with E-state index < -0.39 is 12.3 Å². The molecule has 0 saturated heterocycles. The number of carbonyl (C=O) groups is 1. The molecule has 0 aliphatic carbocycles. The van der Waals surface area contributed by atoms with E-state index in [0.717, 1.165) is 28.9 Å². The number of ether oxygens (including phenoxy) is 1. The first-order chi connectivity index (χ1) is 14.8. The number of halogens is 3. The number of hydrogen-bond acceptors (Lipinski definition) is 3. The maximum absolute atomic E-state index is 13.1. The van der Waals surface area contributed by atoms with E-state index >= 15 is 0 Å². The first kappa shape index (κ1) is 23.7. The van der Waals surface area contributed by atoms with E-state index in [1.807, 2.05) is 26.0 Å². The van der Waals surface area contributed by atoms with Gasteiger partial charge in [0.15, 0.2) is 0 Å². The van der Waals surface area contributed by atoms with E-state index in [4.69, 9.17) is 5.11 Å². The van der Waals surface area contributed by atoms with Crippen molar-refractivity contribution in [3.8, 4) is 16.9 Å². The van der Waals surface area contributed by atoms with Crippen molar-refractivity contribution in [1.29, 1.82) is 0 Å². The van der Waals surface area contributed by atoms with Crippen molar-refractivity contribution in [3.63, 3.8) is 0 Å². The zero-order valence-electron chi connectivity index (χ0n) is 18.8. The zero-order chi connectivity index (χ0) is 23.8. The fourth-order valence-electron chi connectivity index (χ4n) is 4.43. The summed E-state index contributed by atoms with van der Waals surface area (Å²) in [6.07, 6.45) is -3.95. The summed E-state index contributed by atoms with van der Waals surface area (Å²) in [6, 6.07) is 8.27. The summed E-state index contributed by atoms with van der Waals surface area (Å²) in [5.74, 6) is -1.27. The largest absolute Gasteiger partial charge is 0.573 e. The van der Waals surface area contributed by atoms with Gasteiger partial charge in [0.1, 0.15) is 5.75 Å². The predicted molar refractivity (Wildman–Crippen MR) is 119 cm³/mol. The minimum absolute atomic E-state index is 0.111. The molecule has 1 aliphatic rings. The Balaban J connectivity index is 2.21. The molecule has 7 heteroatoms. The molecule has 32 heavy (non-hydrogen) atoms. The highest BCUT2D eigenvalue weighted by Crippen LogP contribution is 2.47. The van der Waals surface area contributed by atoms with E-state index in [1.165, 1.54) is 12.1 Å². The van der Waals surface area contributed by atoms with Crippen LogP contribution >= 0.6 is 0 Å². The average molecular weight is 447 g/mol. The number of aliphatic carboxylic acids is 1. The maximum atomic E-state index is 13.1. The number of carboxylic acid groups (broad SMARTS) is 1. The van der Waals surface area contributed by atoms with Gasteiger partial charge >= 0.3 is 12.3 Å². The third-order valence-electron chi connectivity index (χ3n) is 5.89. The van der Waals surface area contributed by atoms with E-state index in [2.05, 4.69) is 30.1 Å². The Bertz CT molecular complexity index is 1060. The lowest BCUT2D eigenvalue weighted by atomic mass is 9.75. The molecule has 0 bridgehead atoms. The van der Waals surface area contributed by atoms with Crippen LogP contribution in [-0.4, -0.2) is 24.0 Å². The molecule has 0 fully saturated rings. The third kappa shape index (κ3) is 4.92. The smallest absolute Gasteiger partial charge is 0.481 e. The van der Waals surface area contributed by atoms with Crippen LogP contribution in [0.4, 0.5) is 18.9 Å². The fraction of sp³-hybridized carbons (Fsp3) is 0.400. The highest BCUT2D eigenvalue weighted by Gasteiger charge is 2.35. The van der Waals surface area contributed by atoms with Gasteiger partial charge in [0, 0.05) is 29.9 Å². The second kappa shape index (κ2) is 8.52. The fourth-order valence-corrected chi connectivity index (χ4v) is 4.43. The van der Waals surface area contributed by atoms with Crippen molar-refractivity contribution in [3.05, 3.63) is 59.3 Å². The Hall–Kier alpha value is -2.96. The van der Waals surface area contributed by atoms with Gasteiger partial charge < -0.3 is 14.7 Å². The molecule has 1 heterocycles. The van der Waals surface area contributed by atoms with Crippen molar-refractivity contribution in [1.82, 2.24) is 0 Å². The average Bonchev–Trinajstić information content (AvgIpc) is 2.66. The summed E-state index contributed by atoms with van der Waals surface area (Å²) in [7, 11) is 0. The van der Waals surface area contributed by atoms with Crippen molar-refractivity contribution < 1.29 is 27.8 Å². The van der Waals surface area contributed by atoms with E-state index in [1.54, 1.807) is 6.07 Å². The molecule has 2 aromatic carbocycles. The summed E-state index contributed by atoms with van der Waals surface area (Å²) in [5.41, 5.74) is 5.20. The molecule has 0 radical (unpaired) electrons. The van der Waals surface area contributed by atoms with Crippen LogP contribution in [0.15, 0.2) is 42.6 Å². The summed E-state index contributed by atoms with van der Waals surface area (Å²) in [5, 5.41) is 8.99. The summed E-state index contributed by atoms with van der Waals surface area (Å²) >= 11 is 0. The van der Waals surface area contributed by atoms with Crippen molar-refractivity contribution in [2.75, 3.05) is 11.4 Å². The Kier molecular flexibility index (Phi) is 6.31. The number of allylic oxidation sites excluding steroid dienone is 1. The van der Waals surface area contributed by atoms with Gasteiger partial charge in [-0.25, -0.2) is 0 Å². The maximum Gasteiger partial charge on any atom is 0.573 e. The Labute approximate surface area is 186 Å². The molecule has 0 spiro atoms. The zero-order valence-corrected chi connectivity index (χ0v) is 18.8. The molecule has 4 nitrogen and oxygen atoms in total. The lowest BCUT2D eigenvalue weighted by Gasteiger charge is -2.42. The van der Waals surface area contributed by atoms with Crippen molar-refractivity contribution in [2.24, 2.45) is 0 Å². The highest BCUT2D eigenvalue weighted by molar-refractivity contribution is 5.80. The van der Waals surface area contributed by atoms with Crippen LogP contribution in [0, 0.1) is 6.92 Å². The number of fused-ring (bicyclic) bond motifs is 1. The monoisotopic (exact) mass is 447 g/mol. The van der Waals surface area contributed by atoms with E-state index in [-0.39, 0.29) is 29.6 Å². The number of rotatable bonds is 6. The van der Waals surface area contributed by atoms with Gasteiger partial charge in [0.05, 0.1) is 0 Å². The second-order valence-corrected chi connectivity index (χ2v) is 8.83. The van der Waals surface area contributed by atoms with Crippen LogP contribution in [0.5, 0.6) is 5.75 Å². The molecule has 172 valence electrons. The molecule has 0 amide bonds. The number of hydrogen-bond donors (Lipinski definition) is 1. The number of alkyl halides is 3. The van der Waals surface area contributed by atoms with Crippen LogP contribution in [-0.2, 0) is 16.6 Å². The molecular weight excluding hydrogens is 419 g/mol. The number of carboxylic acids is 1. The Morgan fingerprint density at radius 2 is 1.91 bits per heavy atom. The molecule has 0 aromatic heterocycles. The lowest BCUT2D eigenvalue weighted by molar-refractivity contribution is -0.274. The predicted octanol–water partition coefficient (Wildman–Crippen LogP) is 6.60. The van der Waals surface area contributed by atoms with Crippen LogP contribution in [0.2, 0.25) is 0 Å². The molecule has 2 aromatic rings. The number of anilines is 1. The minimum Gasteiger partial charge on any atom is -0.481 e. The van der Waals surface area contributed by atoms with Gasteiger partial charge in [0.25, 0.3) is 0 Å². The normalized spacial score (nSPS) is 15.5. The Morgan fingerprint density at radius 3 is 2.50 bits per heavy atom. The SMILES string of the molecule is C=C1CC(C)(C)c2cc(C)c(-c3cc(CCC(=O)O)ccc3OC(F)(F)F)cc2N1CC. The first-order valence-electron chi connectivity index (χ1n) is 10.5. The molecule has 3 rings (SSSR count). The van der Waals surface area contributed by atoms with E-state index in [0.29, 0.717) is 17.7 Å². The topological polar surface area (TPSA) is 49.8 Å². The van der Waals surface area contributed by atoms with Gasteiger partial charge in [-0.3, -0.25) is 4.79 Å².